The SMILES string of the molecule is Cc1cccc(S(=O)(=O)C2C[C@H](CCC(=O)O)Oc3ccc(OCc4c(F)cccc4Cl)cc32)c1. The minimum absolute atomic E-state index is 0.0964. The molecule has 3 aromatic carbocycles. The molecule has 0 aromatic heterocycles. The Labute approximate surface area is 208 Å². The lowest BCUT2D eigenvalue weighted by Gasteiger charge is -2.32. The Morgan fingerprint density at radius 3 is 2.66 bits per heavy atom. The van der Waals surface area contributed by atoms with Crippen LogP contribution in [0.15, 0.2) is 65.6 Å². The first-order valence-electron chi connectivity index (χ1n) is 11.0. The molecule has 1 N–H and O–H groups in total. The van der Waals surface area contributed by atoms with Gasteiger partial charge in [0.05, 0.1) is 15.2 Å². The van der Waals surface area contributed by atoms with E-state index in [2.05, 4.69) is 0 Å². The van der Waals surface area contributed by atoms with Gasteiger partial charge in [0.2, 0.25) is 0 Å². The molecule has 0 spiro atoms. The summed E-state index contributed by atoms with van der Waals surface area (Å²) in [5, 5.41) is 8.34. The summed E-state index contributed by atoms with van der Waals surface area (Å²) in [5.41, 5.74) is 1.41. The van der Waals surface area contributed by atoms with Crippen LogP contribution in [0.2, 0.25) is 5.02 Å². The Morgan fingerprint density at radius 1 is 1.17 bits per heavy atom. The number of rotatable bonds is 8. The average molecular weight is 519 g/mol. The molecule has 0 saturated heterocycles. The van der Waals surface area contributed by atoms with Crippen molar-refractivity contribution in [1.82, 2.24) is 0 Å². The molecule has 1 heterocycles. The van der Waals surface area contributed by atoms with Crippen LogP contribution < -0.4 is 9.47 Å². The third-order valence-electron chi connectivity index (χ3n) is 5.92. The van der Waals surface area contributed by atoms with Gasteiger partial charge in [-0.25, -0.2) is 12.8 Å². The minimum atomic E-state index is -3.83. The van der Waals surface area contributed by atoms with Gasteiger partial charge in [0, 0.05) is 24.0 Å². The fraction of sp³-hybridized carbons (Fsp3) is 0.269. The van der Waals surface area contributed by atoms with Crippen LogP contribution in [0, 0.1) is 12.7 Å². The number of sulfone groups is 1. The predicted octanol–water partition coefficient (Wildman–Crippen LogP) is 5.90. The van der Waals surface area contributed by atoms with E-state index in [0.717, 1.165) is 5.56 Å². The number of aryl methyl sites for hydroxylation is 1. The monoisotopic (exact) mass is 518 g/mol. The molecule has 0 saturated carbocycles. The summed E-state index contributed by atoms with van der Waals surface area (Å²) < 4.78 is 53.2. The second kappa shape index (κ2) is 10.3. The standard InChI is InChI=1S/C26H24ClFO6S/c1-16-4-2-5-19(12-16)35(31,32)25-14-18(9-11-26(29)30)34-24-10-8-17(13-20(24)25)33-15-21-22(27)6-3-7-23(21)28/h2-8,10,12-13,18,25H,9,11,14-15H2,1H3,(H,29,30)/t18-,25?/m0/s1. The zero-order valence-electron chi connectivity index (χ0n) is 18.9. The Kier molecular flexibility index (Phi) is 7.33. The van der Waals surface area contributed by atoms with Crippen LogP contribution in [-0.4, -0.2) is 25.6 Å². The fourth-order valence-corrected chi connectivity index (χ4v) is 6.26. The Morgan fingerprint density at radius 2 is 1.94 bits per heavy atom. The van der Waals surface area contributed by atoms with Gasteiger partial charge >= 0.3 is 5.97 Å². The molecule has 184 valence electrons. The lowest BCUT2D eigenvalue weighted by atomic mass is 9.98. The van der Waals surface area contributed by atoms with Crippen LogP contribution in [-0.2, 0) is 21.2 Å². The van der Waals surface area contributed by atoms with Crippen molar-refractivity contribution < 1.29 is 32.2 Å². The number of hydrogen-bond acceptors (Lipinski definition) is 5. The van der Waals surface area contributed by atoms with Crippen LogP contribution in [0.4, 0.5) is 4.39 Å². The first-order chi connectivity index (χ1) is 16.6. The first kappa shape index (κ1) is 25.0. The summed E-state index contributed by atoms with van der Waals surface area (Å²) in [6.45, 7) is 1.67. The summed E-state index contributed by atoms with van der Waals surface area (Å²) in [6, 6.07) is 15.8. The van der Waals surface area contributed by atoms with Crippen molar-refractivity contribution in [3.63, 3.8) is 0 Å². The highest BCUT2D eigenvalue weighted by Gasteiger charge is 2.38. The van der Waals surface area contributed by atoms with Crippen molar-refractivity contribution in [2.45, 2.75) is 49.0 Å². The van der Waals surface area contributed by atoms with Crippen molar-refractivity contribution in [3.8, 4) is 11.5 Å². The summed E-state index contributed by atoms with van der Waals surface area (Å²) in [6.07, 6.45) is -0.438. The molecule has 2 atom stereocenters. The lowest BCUT2D eigenvalue weighted by Crippen LogP contribution is -2.30. The van der Waals surface area contributed by atoms with E-state index in [9.17, 15) is 17.6 Å². The maximum atomic E-state index is 14.1. The smallest absolute Gasteiger partial charge is 0.303 e. The number of aliphatic carboxylic acids is 1. The zero-order valence-corrected chi connectivity index (χ0v) is 20.5. The highest BCUT2D eigenvalue weighted by molar-refractivity contribution is 7.91. The molecule has 0 fully saturated rings. The summed E-state index contributed by atoms with van der Waals surface area (Å²) in [4.78, 5) is 11.3. The van der Waals surface area contributed by atoms with Crippen LogP contribution in [0.5, 0.6) is 11.5 Å². The number of halogens is 2. The number of fused-ring (bicyclic) bond motifs is 1. The number of carboxylic acid groups (broad SMARTS) is 1. The molecule has 6 nitrogen and oxygen atoms in total. The Hall–Kier alpha value is -3.10. The van der Waals surface area contributed by atoms with Gasteiger partial charge in [-0.15, -0.1) is 0 Å². The topological polar surface area (TPSA) is 89.9 Å². The second-order valence-corrected chi connectivity index (χ2v) is 11.0. The van der Waals surface area contributed by atoms with Gasteiger partial charge in [0.1, 0.15) is 30.0 Å². The zero-order chi connectivity index (χ0) is 25.2. The van der Waals surface area contributed by atoms with Crippen molar-refractivity contribution in [1.29, 1.82) is 0 Å². The largest absolute Gasteiger partial charge is 0.490 e. The molecule has 4 rings (SSSR count). The van der Waals surface area contributed by atoms with Crippen LogP contribution in [0.3, 0.4) is 0 Å². The van der Waals surface area contributed by atoms with E-state index in [1.54, 1.807) is 42.5 Å². The molecule has 0 aliphatic carbocycles. The molecule has 35 heavy (non-hydrogen) atoms. The third kappa shape index (κ3) is 5.60. The van der Waals surface area contributed by atoms with Crippen molar-refractivity contribution in [2.75, 3.05) is 0 Å². The van der Waals surface area contributed by atoms with Crippen molar-refractivity contribution >= 4 is 27.4 Å². The number of ether oxygens (including phenoxy) is 2. The molecular weight excluding hydrogens is 495 g/mol. The number of hydrogen-bond donors (Lipinski definition) is 1. The van der Waals surface area contributed by atoms with Gasteiger partial charge in [-0.2, -0.15) is 0 Å². The van der Waals surface area contributed by atoms with Gasteiger partial charge in [-0.3, -0.25) is 4.79 Å². The number of carboxylic acids is 1. The quantitative estimate of drug-likeness (QED) is 0.399. The molecule has 0 radical (unpaired) electrons. The van der Waals surface area contributed by atoms with Gasteiger partial charge < -0.3 is 14.6 Å². The van der Waals surface area contributed by atoms with Gasteiger partial charge in [0.25, 0.3) is 0 Å². The molecule has 3 aromatic rings. The minimum Gasteiger partial charge on any atom is -0.490 e. The number of carbonyl (C=O) groups is 1. The molecule has 1 aliphatic rings. The molecule has 1 unspecified atom stereocenters. The van der Waals surface area contributed by atoms with E-state index < -0.39 is 33.0 Å². The molecule has 9 heteroatoms. The van der Waals surface area contributed by atoms with Crippen molar-refractivity contribution in [3.05, 3.63) is 88.2 Å². The van der Waals surface area contributed by atoms with Crippen LogP contribution >= 0.6 is 11.6 Å². The van der Waals surface area contributed by atoms with E-state index in [0.29, 0.717) is 17.1 Å². The normalized spacial score (nSPS) is 17.3. The highest BCUT2D eigenvalue weighted by Crippen LogP contribution is 2.44. The van der Waals surface area contributed by atoms with Crippen LogP contribution in [0.1, 0.15) is 41.2 Å². The molecule has 1 aliphatic heterocycles. The van der Waals surface area contributed by atoms with E-state index >= 15 is 0 Å². The van der Waals surface area contributed by atoms with E-state index in [-0.39, 0.29) is 41.4 Å². The number of benzene rings is 3. The molecule has 0 bridgehead atoms. The van der Waals surface area contributed by atoms with E-state index in [1.807, 2.05) is 13.0 Å². The van der Waals surface area contributed by atoms with Gasteiger partial charge in [0.15, 0.2) is 9.84 Å². The molecular formula is C26H24ClFO6S. The van der Waals surface area contributed by atoms with E-state index in [4.69, 9.17) is 26.2 Å². The van der Waals surface area contributed by atoms with Crippen molar-refractivity contribution in [2.24, 2.45) is 0 Å². The third-order valence-corrected chi connectivity index (χ3v) is 8.38. The molecule has 0 amide bonds. The van der Waals surface area contributed by atoms with E-state index in [1.165, 1.54) is 12.1 Å². The van der Waals surface area contributed by atoms with Gasteiger partial charge in [-0.05, 0) is 61.4 Å². The maximum absolute atomic E-state index is 14.1. The van der Waals surface area contributed by atoms with Crippen LogP contribution in [0.25, 0.3) is 0 Å². The second-order valence-electron chi connectivity index (χ2n) is 8.45. The first-order valence-corrected chi connectivity index (χ1v) is 13.0. The summed E-state index contributed by atoms with van der Waals surface area (Å²) in [7, 11) is -3.83. The lowest BCUT2D eigenvalue weighted by molar-refractivity contribution is -0.137. The highest BCUT2D eigenvalue weighted by atomic mass is 35.5. The average Bonchev–Trinajstić information content (AvgIpc) is 2.82. The predicted molar refractivity (Wildman–Crippen MR) is 129 cm³/mol. The Balaban J connectivity index is 1.68. The Bertz CT molecular complexity index is 1340. The fourth-order valence-electron chi connectivity index (χ4n) is 4.11. The maximum Gasteiger partial charge on any atom is 0.303 e. The van der Waals surface area contributed by atoms with Gasteiger partial charge in [-0.1, -0.05) is 29.8 Å². The summed E-state index contributed by atoms with van der Waals surface area (Å²) in [5.74, 6) is -0.794. The summed E-state index contributed by atoms with van der Waals surface area (Å²) >= 11 is 6.08.